The molecule has 4 heteroatoms. The summed E-state index contributed by atoms with van der Waals surface area (Å²) in [6, 6.07) is 7.67. The molecule has 2 rings (SSSR count). The third-order valence-corrected chi connectivity index (χ3v) is 2.90. The van der Waals surface area contributed by atoms with Crippen molar-refractivity contribution >= 4 is 5.91 Å². The molecule has 0 heterocycles. The summed E-state index contributed by atoms with van der Waals surface area (Å²) in [6.45, 7) is 2.10. The number of rotatable bonds is 6. The minimum atomic E-state index is -0.469. The summed E-state index contributed by atoms with van der Waals surface area (Å²) in [4.78, 5) is 11.4. The summed E-state index contributed by atoms with van der Waals surface area (Å²) in [7, 11) is 0. The van der Waals surface area contributed by atoms with Crippen LogP contribution in [0.1, 0.15) is 37.9 Å². The zero-order valence-electron chi connectivity index (χ0n) is 10.6. The Balaban J connectivity index is 1.70. The largest absolute Gasteiger partial charge is 0.493 e. The lowest BCUT2D eigenvalue weighted by atomic mass is 10.1. The lowest BCUT2D eigenvalue weighted by molar-refractivity contribution is -0.121. The van der Waals surface area contributed by atoms with Crippen molar-refractivity contribution in [3.05, 3.63) is 29.8 Å². The van der Waals surface area contributed by atoms with Gasteiger partial charge in [-0.2, -0.15) is 0 Å². The molecule has 1 atom stereocenters. The van der Waals surface area contributed by atoms with Crippen LogP contribution in [0.3, 0.4) is 0 Å². The van der Waals surface area contributed by atoms with Gasteiger partial charge in [-0.05, 0) is 37.5 Å². The third kappa shape index (κ3) is 4.04. The van der Waals surface area contributed by atoms with E-state index in [1.54, 1.807) is 19.1 Å². The van der Waals surface area contributed by atoms with Gasteiger partial charge in [-0.15, -0.1) is 0 Å². The molecule has 1 aromatic carbocycles. The van der Waals surface area contributed by atoms with Gasteiger partial charge in [-0.1, -0.05) is 12.1 Å². The molecule has 0 bridgehead atoms. The maximum atomic E-state index is 11.4. The van der Waals surface area contributed by atoms with Crippen LogP contribution in [0.5, 0.6) is 5.75 Å². The summed E-state index contributed by atoms with van der Waals surface area (Å²) in [6.07, 6.45) is 2.12. The quantitative estimate of drug-likeness (QED) is 0.808. The van der Waals surface area contributed by atoms with E-state index < -0.39 is 6.10 Å². The number of hydrogen-bond donors (Lipinski definition) is 2. The van der Waals surface area contributed by atoms with Crippen LogP contribution in [0, 0.1) is 0 Å². The maximum absolute atomic E-state index is 11.4. The molecule has 0 aromatic heterocycles. The number of amides is 1. The fourth-order valence-electron chi connectivity index (χ4n) is 1.63. The summed E-state index contributed by atoms with van der Waals surface area (Å²) >= 11 is 0. The molecule has 1 saturated carbocycles. The topological polar surface area (TPSA) is 58.6 Å². The summed E-state index contributed by atoms with van der Waals surface area (Å²) in [5.74, 6) is 0.775. The lowest BCUT2D eigenvalue weighted by Crippen LogP contribution is -2.26. The van der Waals surface area contributed by atoms with Crippen molar-refractivity contribution in [2.45, 2.75) is 38.3 Å². The highest BCUT2D eigenvalue weighted by Crippen LogP contribution is 2.19. The van der Waals surface area contributed by atoms with E-state index in [-0.39, 0.29) is 5.91 Å². The van der Waals surface area contributed by atoms with E-state index in [1.807, 2.05) is 12.1 Å². The van der Waals surface area contributed by atoms with E-state index in [1.165, 1.54) is 0 Å². The van der Waals surface area contributed by atoms with Crippen molar-refractivity contribution in [2.24, 2.45) is 0 Å². The SMILES string of the molecule is C[C@@H](O)c1ccc(OCCC(=O)NC2CC2)cc1. The normalized spacial score (nSPS) is 16.1. The van der Waals surface area contributed by atoms with Gasteiger partial charge >= 0.3 is 0 Å². The van der Waals surface area contributed by atoms with Crippen LogP contribution >= 0.6 is 0 Å². The van der Waals surface area contributed by atoms with Crippen LogP contribution in [0.15, 0.2) is 24.3 Å². The van der Waals surface area contributed by atoms with Gasteiger partial charge in [0.05, 0.1) is 19.1 Å². The first kappa shape index (κ1) is 12.9. The second-order valence-corrected chi connectivity index (χ2v) is 4.69. The molecule has 0 aliphatic heterocycles. The van der Waals surface area contributed by atoms with E-state index in [2.05, 4.69) is 5.32 Å². The Hall–Kier alpha value is -1.55. The molecule has 0 spiro atoms. The van der Waals surface area contributed by atoms with E-state index in [0.29, 0.717) is 19.1 Å². The Morgan fingerprint density at radius 3 is 2.67 bits per heavy atom. The fourth-order valence-corrected chi connectivity index (χ4v) is 1.63. The molecule has 1 aliphatic carbocycles. The van der Waals surface area contributed by atoms with E-state index in [4.69, 9.17) is 4.74 Å². The molecule has 4 nitrogen and oxygen atoms in total. The Morgan fingerprint density at radius 1 is 1.44 bits per heavy atom. The maximum Gasteiger partial charge on any atom is 0.223 e. The van der Waals surface area contributed by atoms with E-state index in [0.717, 1.165) is 24.2 Å². The molecular weight excluding hydrogens is 230 g/mol. The van der Waals surface area contributed by atoms with Crippen molar-refractivity contribution < 1.29 is 14.6 Å². The van der Waals surface area contributed by atoms with Crippen molar-refractivity contribution in [3.63, 3.8) is 0 Å². The second-order valence-electron chi connectivity index (χ2n) is 4.69. The number of ether oxygens (including phenoxy) is 1. The zero-order valence-corrected chi connectivity index (χ0v) is 10.6. The minimum Gasteiger partial charge on any atom is -0.493 e. The van der Waals surface area contributed by atoms with Gasteiger partial charge in [0.2, 0.25) is 5.91 Å². The highest BCUT2D eigenvalue weighted by Gasteiger charge is 2.22. The first-order valence-corrected chi connectivity index (χ1v) is 6.35. The Labute approximate surface area is 107 Å². The predicted octanol–water partition coefficient (Wildman–Crippen LogP) is 1.79. The average Bonchev–Trinajstić information content (AvgIpc) is 3.13. The number of aliphatic hydroxyl groups is 1. The number of aliphatic hydroxyl groups excluding tert-OH is 1. The van der Waals surface area contributed by atoms with Crippen molar-refractivity contribution in [1.29, 1.82) is 0 Å². The van der Waals surface area contributed by atoms with Crippen LogP contribution in [-0.2, 0) is 4.79 Å². The first-order valence-electron chi connectivity index (χ1n) is 6.35. The van der Waals surface area contributed by atoms with Gasteiger partial charge in [0.15, 0.2) is 0 Å². The minimum absolute atomic E-state index is 0.0538. The van der Waals surface area contributed by atoms with Crippen LogP contribution < -0.4 is 10.1 Å². The molecule has 1 aromatic rings. The molecule has 18 heavy (non-hydrogen) atoms. The number of carbonyl (C=O) groups excluding carboxylic acids is 1. The van der Waals surface area contributed by atoms with Gasteiger partial charge in [0, 0.05) is 6.04 Å². The molecule has 1 amide bonds. The second kappa shape index (κ2) is 5.87. The first-order chi connectivity index (χ1) is 8.65. The van der Waals surface area contributed by atoms with Crippen molar-refractivity contribution in [1.82, 2.24) is 5.32 Å². The fraction of sp³-hybridized carbons (Fsp3) is 0.500. The Kier molecular flexibility index (Phi) is 4.20. The highest BCUT2D eigenvalue weighted by atomic mass is 16.5. The summed E-state index contributed by atoms with van der Waals surface area (Å²) in [5, 5.41) is 12.3. The van der Waals surface area contributed by atoms with Gasteiger partial charge in [0.25, 0.3) is 0 Å². The Bertz CT molecular complexity index is 396. The zero-order chi connectivity index (χ0) is 13.0. The molecular formula is C14H19NO3. The summed E-state index contributed by atoms with van der Waals surface area (Å²) in [5.41, 5.74) is 0.855. The lowest BCUT2D eigenvalue weighted by Gasteiger charge is -2.08. The van der Waals surface area contributed by atoms with E-state index >= 15 is 0 Å². The van der Waals surface area contributed by atoms with Gasteiger partial charge in [-0.3, -0.25) is 4.79 Å². The standard InChI is InChI=1S/C14H19NO3/c1-10(16)11-2-6-13(7-3-11)18-9-8-14(17)15-12-4-5-12/h2-3,6-7,10,12,16H,4-5,8-9H2,1H3,(H,15,17)/t10-/m1/s1. The smallest absolute Gasteiger partial charge is 0.223 e. The van der Waals surface area contributed by atoms with Crippen LogP contribution in [0.2, 0.25) is 0 Å². The van der Waals surface area contributed by atoms with E-state index in [9.17, 15) is 9.90 Å². The number of nitrogens with one attached hydrogen (secondary N) is 1. The van der Waals surface area contributed by atoms with Crippen LogP contribution in [0.25, 0.3) is 0 Å². The summed E-state index contributed by atoms with van der Waals surface area (Å²) < 4.78 is 5.47. The molecule has 1 fully saturated rings. The molecule has 1 aliphatic rings. The number of carbonyl (C=O) groups is 1. The van der Waals surface area contributed by atoms with Gasteiger partial charge < -0.3 is 15.2 Å². The van der Waals surface area contributed by atoms with Crippen molar-refractivity contribution in [3.8, 4) is 5.75 Å². The molecule has 98 valence electrons. The third-order valence-electron chi connectivity index (χ3n) is 2.90. The van der Waals surface area contributed by atoms with Gasteiger partial charge in [0.1, 0.15) is 5.75 Å². The average molecular weight is 249 g/mol. The predicted molar refractivity (Wildman–Crippen MR) is 68.4 cm³/mol. The molecule has 0 saturated heterocycles. The highest BCUT2D eigenvalue weighted by molar-refractivity contribution is 5.76. The molecule has 0 radical (unpaired) electrons. The molecule has 0 unspecified atom stereocenters. The Morgan fingerprint density at radius 2 is 2.11 bits per heavy atom. The monoisotopic (exact) mass is 249 g/mol. The van der Waals surface area contributed by atoms with Crippen molar-refractivity contribution in [2.75, 3.05) is 6.61 Å². The number of hydrogen-bond acceptors (Lipinski definition) is 3. The number of benzene rings is 1. The van der Waals surface area contributed by atoms with Gasteiger partial charge in [-0.25, -0.2) is 0 Å². The molecule has 2 N–H and O–H groups in total. The van der Waals surface area contributed by atoms with Crippen LogP contribution in [0.4, 0.5) is 0 Å². The van der Waals surface area contributed by atoms with Crippen LogP contribution in [-0.4, -0.2) is 23.7 Å².